The van der Waals surface area contributed by atoms with E-state index in [-0.39, 0.29) is 24.4 Å². The first-order valence-electron chi connectivity index (χ1n) is 8.79. The Balaban J connectivity index is 1.76. The highest BCUT2D eigenvalue weighted by Crippen LogP contribution is 2.55. The van der Waals surface area contributed by atoms with Gasteiger partial charge in [0.1, 0.15) is 11.6 Å². The molecule has 0 spiro atoms. The maximum atomic E-state index is 14.0. The van der Waals surface area contributed by atoms with Crippen LogP contribution in [0.3, 0.4) is 0 Å². The van der Waals surface area contributed by atoms with E-state index in [4.69, 9.17) is 0 Å². The van der Waals surface area contributed by atoms with Crippen molar-refractivity contribution < 1.29 is 13.6 Å². The number of amides is 1. The number of likely N-dealkylation sites (tertiary alicyclic amines) is 1. The molecule has 3 aliphatic rings. The summed E-state index contributed by atoms with van der Waals surface area (Å²) in [5, 5.41) is 12.8. The predicted molar refractivity (Wildman–Crippen MR) is 91.3 cm³/mol. The Morgan fingerprint density at radius 3 is 2.73 bits per heavy atom. The number of alkyl halides is 2. The number of nitrogens with zero attached hydrogens (tertiary/aromatic N) is 4. The fraction of sp³-hybridized carbons (Fsp3) is 0.500. The van der Waals surface area contributed by atoms with Crippen molar-refractivity contribution in [3.63, 3.8) is 0 Å². The fourth-order valence-electron chi connectivity index (χ4n) is 3.70. The molecule has 1 aliphatic carbocycles. The number of rotatable bonds is 3. The molecule has 6 nitrogen and oxygen atoms in total. The number of pyridine rings is 1. The van der Waals surface area contributed by atoms with Gasteiger partial charge in [0.15, 0.2) is 0 Å². The van der Waals surface area contributed by atoms with Gasteiger partial charge in [0.2, 0.25) is 0 Å². The number of aromatic nitrogens is 1. The monoisotopic (exact) mass is 359 g/mol. The summed E-state index contributed by atoms with van der Waals surface area (Å²) in [6, 6.07) is 3.64. The lowest BCUT2D eigenvalue weighted by Gasteiger charge is -2.29. The Morgan fingerprint density at radius 1 is 1.35 bits per heavy atom. The van der Waals surface area contributed by atoms with Gasteiger partial charge in [0.05, 0.1) is 35.9 Å². The molecule has 8 heteroatoms. The van der Waals surface area contributed by atoms with E-state index in [0.717, 1.165) is 19.3 Å². The predicted octanol–water partition coefficient (Wildman–Crippen LogP) is 2.72. The van der Waals surface area contributed by atoms with Crippen LogP contribution in [0.2, 0.25) is 0 Å². The summed E-state index contributed by atoms with van der Waals surface area (Å²) in [6.45, 7) is 1.37. The quantitative estimate of drug-likeness (QED) is 0.664. The average Bonchev–Trinajstić information content (AvgIpc) is 3.09. The van der Waals surface area contributed by atoms with Gasteiger partial charge in [0, 0.05) is 25.7 Å². The van der Waals surface area contributed by atoms with Crippen molar-refractivity contribution in [1.29, 1.82) is 5.26 Å². The second-order valence-electron chi connectivity index (χ2n) is 6.90. The van der Waals surface area contributed by atoms with Crippen LogP contribution >= 0.6 is 0 Å². The molecule has 2 fully saturated rings. The van der Waals surface area contributed by atoms with E-state index < -0.39 is 17.7 Å². The second kappa shape index (κ2) is 6.24. The molecule has 0 aromatic carbocycles. The molecule has 1 atom stereocenters. The largest absolute Gasteiger partial charge is 0.364 e. The van der Waals surface area contributed by atoms with Gasteiger partial charge in [0.25, 0.3) is 11.8 Å². The van der Waals surface area contributed by atoms with Crippen molar-refractivity contribution in [2.45, 2.75) is 31.6 Å². The number of halogens is 2. The third-order valence-corrected chi connectivity index (χ3v) is 5.19. The van der Waals surface area contributed by atoms with Crippen molar-refractivity contribution in [1.82, 2.24) is 9.88 Å². The van der Waals surface area contributed by atoms with Crippen LogP contribution in [0.25, 0.3) is 0 Å². The van der Waals surface area contributed by atoms with E-state index in [1.165, 1.54) is 0 Å². The molecule has 4 rings (SSSR count). The summed E-state index contributed by atoms with van der Waals surface area (Å²) in [7, 11) is 0. The van der Waals surface area contributed by atoms with Crippen LogP contribution in [0, 0.1) is 17.2 Å². The highest BCUT2D eigenvalue weighted by molar-refractivity contribution is 5.99. The maximum absolute atomic E-state index is 14.0. The molecule has 1 unspecified atom stereocenters. The van der Waals surface area contributed by atoms with Crippen LogP contribution in [-0.4, -0.2) is 41.5 Å². The zero-order chi connectivity index (χ0) is 18.3. The normalized spacial score (nSPS) is 24.3. The minimum Gasteiger partial charge on any atom is -0.364 e. The summed E-state index contributed by atoms with van der Waals surface area (Å²) in [4.78, 5) is 20.2. The standard InChI is InChI=1S/C18H19F2N5O/c19-18(20)8-13(18)16(25-11-23-14-10-22-5-4-15(14)25)12(9-21)17(26)24-6-2-1-3-7-24/h4-5,10,13,23H,1-3,6-8,11H2. The summed E-state index contributed by atoms with van der Waals surface area (Å²) in [5.41, 5.74) is 1.33. The van der Waals surface area contributed by atoms with E-state index in [1.807, 2.05) is 6.07 Å². The Hall–Kier alpha value is -2.69. The number of hydrogen-bond acceptors (Lipinski definition) is 5. The number of nitrogens with one attached hydrogen (secondary N) is 1. The molecule has 1 amide bonds. The van der Waals surface area contributed by atoms with Gasteiger partial charge in [-0.3, -0.25) is 9.78 Å². The highest BCUT2D eigenvalue weighted by Gasteiger charge is 2.61. The van der Waals surface area contributed by atoms with Crippen molar-refractivity contribution >= 4 is 17.3 Å². The Labute approximate surface area is 150 Å². The lowest BCUT2D eigenvalue weighted by atomic mass is 10.1. The van der Waals surface area contributed by atoms with Gasteiger partial charge in [-0.05, 0) is 25.3 Å². The van der Waals surface area contributed by atoms with Crippen LogP contribution in [0.4, 0.5) is 20.2 Å². The Kier molecular flexibility index (Phi) is 4.02. The SMILES string of the molecule is N#CC(C(=O)N1CCCCC1)=C(C1CC1(F)F)N1CNc2cnccc21. The van der Waals surface area contributed by atoms with E-state index in [0.29, 0.717) is 24.5 Å². The summed E-state index contributed by atoms with van der Waals surface area (Å²) < 4.78 is 27.9. The molecule has 2 aliphatic heterocycles. The third-order valence-electron chi connectivity index (χ3n) is 5.19. The topological polar surface area (TPSA) is 72.3 Å². The Morgan fingerprint density at radius 2 is 2.08 bits per heavy atom. The first-order chi connectivity index (χ1) is 12.5. The van der Waals surface area contributed by atoms with Crippen LogP contribution in [0.1, 0.15) is 25.7 Å². The molecule has 1 aromatic rings. The lowest BCUT2D eigenvalue weighted by Crippen LogP contribution is -2.38. The molecule has 1 N–H and O–H groups in total. The minimum atomic E-state index is -2.88. The molecule has 3 heterocycles. The first-order valence-corrected chi connectivity index (χ1v) is 8.79. The van der Waals surface area contributed by atoms with Crippen LogP contribution < -0.4 is 10.2 Å². The van der Waals surface area contributed by atoms with Gasteiger partial charge in [-0.25, -0.2) is 8.78 Å². The molecule has 0 bridgehead atoms. The number of allylic oxidation sites excluding steroid dienone is 1. The second-order valence-corrected chi connectivity index (χ2v) is 6.90. The van der Waals surface area contributed by atoms with E-state index in [9.17, 15) is 18.8 Å². The maximum Gasteiger partial charge on any atom is 0.266 e. The molecular formula is C18H19F2N5O. The van der Waals surface area contributed by atoms with Crippen molar-refractivity contribution in [3.05, 3.63) is 29.7 Å². The van der Waals surface area contributed by atoms with E-state index in [1.54, 1.807) is 28.3 Å². The fourth-order valence-corrected chi connectivity index (χ4v) is 3.70. The molecule has 1 saturated carbocycles. The molecule has 0 radical (unpaired) electrons. The number of piperidine rings is 1. The van der Waals surface area contributed by atoms with E-state index in [2.05, 4.69) is 10.3 Å². The van der Waals surface area contributed by atoms with E-state index >= 15 is 0 Å². The van der Waals surface area contributed by atoms with Gasteiger partial charge >= 0.3 is 0 Å². The van der Waals surface area contributed by atoms with Gasteiger partial charge < -0.3 is 15.1 Å². The van der Waals surface area contributed by atoms with Gasteiger partial charge in [-0.15, -0.1) is 0 Å². The summed E-state index contributed by atoms with van der Waals surface area (Å²) in [5.74, 6) is -4.42. The third kappa shape index (κ3) is 2.77. The number of fused-ring (bicyclic) bond motifs is 1. The number of nitriles is 1. The molecule has 1 saturated heterocycles. The molecule has 26 heavy (non-hydrogen) atoms. The molecular weight excluding hydrogens is 340 g/mol. The lowest BCUT2D eigenvalue weighted by molar-refractivity contribution is -0.127. The Bertz CT molecular complexity index is 810. The highest BCUT2D eigenvalue weighted by atomic mass is 19.3. The van der Waals surface area contributed by atoms with Crippen LogP contribution in [0.5, 0.6) is 0 Å². The van der Waals surface area contributed by atoms with Crippen molar-refractivity contribution in [2.24, 2.45) is 5.92 Å². The van der Waals surface area contributed by atoms with Crippen molar-refractivity contribution in [2.75, 3.05) is 30.0 Å². The number of carbonyl (C=O) groups is 1. The number of anilines is 2. The van der Waals surface area contributed by atoms with Gasteiger partial charge in [-0.1, -0.05) is 0 Å². The summed E-state index contributed by atoms with van der Waals surface area (Å²) in [6.07, 6.45) is 5.63. The number of carbonyl (C=O) groups excluding carboxylic acids is 1. The molecule has 1 aromatic heterocycles. The van der Waals surface area contributed by atoms with Gasteiger partial charge in [-0.2, -0.15) is 5.26 Å². The van der Waals surface area contributed by atoms with Crippen molar-refractivity contribution in [3.8, 4) is 6.07 Å². The zero-order valence-corrected chi connectivity index (χ0v) is 14.2. The van der Waals surface area contributed by atoms with Crippen LogP contribution in [0.15, 0.2) is 29.7 Å². The molecule has 136 valence electrons. The average molecular weight is 359 g/mol. The first kappa shape index (κ1) is 16.8. The smallest absolute Gasteiger partial charge is 0.266 e. The minimum absolute atomic E-state index is 0.130. The van der Waals surface area contributed by atoms with Crippen LogP contribution in [-0.2, 0) is 4.79 Å². The summed E-state index contributed by atoms with van der Waals surface area (Å²) >= 11 is 0. The number of hydrogen-bond donors (Lipinski definition) is 1. The zero-order valence-electron chi connectivity index (χ0n) is 14.2.